The van der Waals surface area contributed by atoms with Crippen LogP contribution >= 0.6 is 11.3 Å². The molecule has 49 heavy (non-hydrogen) atoms. The molecule has 3 atom stereocenters. The molecule has 1 aromatic carbocycles. The average Bonchev–Trinajstić information content (AvgIpc) is 3.63. The monoisotopic (exact) mass is 705 g/mol. The SMILES string of the molecule is Cc1ncsc1-c1ccc(CNC(=O)C2CC(O)CN2C(=O)C(NCCOCCOCCOCCNC(=O)OC(C)(C)C)C(C)(C)C)cc1. The van der Waals surface area contributed by atoms with E-state index in [4.69, 9.17) is 18.9 Å². The number of aryl methyl sites for hydroxylation is 1. The Kier molecular flexibility index (Phi) is 15.9. The Labute approximate surface area is 294 Å². The van der Waals surface area contributed by atoms with Crippen LogP contribution in [-0.4, -0.2) is 116 Å². The first kappa shape index (κ1) is 40.3. The van der Waals surface area contributed by atoms with E-state index in [1.54, 1.807) is 32.1 Å². The zero-order valence-corrected chi connectivity index (χ0v) is 30.8. The number of hydrogen-bond acceptors (Lipinski definition) is 11. The molecule has 3 amide bonds. The lowest BCUT2D eigenvalue weighted by Gasteiger charge is -2.35. The van der Waals surface area contributed by atoms with Crippen molar-refractivity contribution in [2.75, 3.05) is 59.3 Å². The second-order valence-electron chi connectivity index (χ2n) is 14.1. The number of carbonyl (C=O) groups is 3. The number of thiazole rings is 1. The number of rotatable bonds is 18. The first-order valence-corrected chi connectivity index (χ1v) is 17.7. The van der Waals surface area contributed by atoms with Crippen LogP contribution < -0.4 is 16.0 Å². The zero-order chi connectivity index (χ0) is 36.0. The molecule has 3 rings (SSSR count). The maximum atomic E-state index is 13.8. The number of benzene rings is 1. The van der Waals surface area contributed by atoms with Gasteiger partial charge in [-0.15, -0.1) is 11.3 Å². The van der Waals surface area contributed by atoms with Gasteiger partial charge in [-0.05, 0) is 44.2 Å². The van der Waals surface area contributed by atoms with Crippen molar-refractivity contribution in [1.29, 1.82) is 0 Å². The summed E-state index contributed by atoms with van der Waals surface area (Å²) in [6.45, 7) is 16.7. The van der Waals surface area contributed by atoms with Crippen molar-refractivity contribution < 1.29 is 38.4 Å². The lowest BCUT2D eigenvalue weighted by atomic mass is 9.85. The van der Waals surface area contributed by atoms with E-state index in [9.17, 15) is 19.5 Å². The van der Waals surface area contributed by atoms with Crippen molar-refractivity contribution in [1.82, 2.24) is 25.8 Å². The third-order valence-corrected chi connectivity index (χ3v) is 8.64. The molecule has 1 fully saturated rings. The van der Waals surface area contributed by atoms with Crippen LogP contribution in [0.5, 0.6) is 0 Å². The van der Waals surface area contributed by atoms with Crippen LogP contribution in [0.2, 0.25) is 0 Å². The predicted octanol–water partition coefficient (Wildman–Crippen LogP) is 3.28. The molecule has 0 spiro atoms. The quantitative estimate of drug-likeness (QED) is 0.170. The number of alkyl carbamates (subject to hydrolysis) is 1. The number of aliphatic hydroxyl groups is 1. The van der Waals surface area contributed by atoms with Crippen LogP contribution in [0.1, 0.15) is 59.2 Å². The molecule has 3 unspecified atom stereocenters. The van der Waals surface area contributed by atoms with Crippen LogP contribution in [0.25, 0.3) is 10.4 Å². The van der Waals surface area contributed by atoms with Gasteiger partial charge in [0.1, 0.15) is 11.6 Å². The highest BCUT2D eigenvalue weighted by atomic mass is 32.1. The minimum atomic E-state index is -0.773. The van der Waals surface area contributed by atoms with Crippen LogP contribution in [0.4, 0.5) is 4.79 Å². The first-order valence-electron chi connectivity index (χ1n) is 16.8. The van der Waals surface area contributed by atoms with E-state index in [-0.39, 0.29) is 24.8 Å². The smallest absolute Gasteiger partial charge is 0.407 e. The van der Waals surface area contributed by atoms with Gasteiger partial charge in [0.05, 0.1) is 67.9 Å². The fourth-order valence-corrected chi connectivity index (χ4v) is 6.06. The molecule has 1 aliphatic heterocycles. The largest absolute Gasteiger partial charge is 0.444 e. The van der Waals surface area contributed by atoms with Crippen molar-refractivity contribution in [3.05, 3.63) is 41.0 Å². The van der Waals surface area contributed by atoms with Gasteiger partial charge < -0.3 is 44.9 Å². The molecule has 1 saturated heterocycles. The summed E-state index contributed by atoms with van der Waals surface area (Å²) in [6.07, 6.45) is -1.06. The molecule has 274 valence electrons. The van der Waals surface area contributed by atoms with Gasteiger partial charge in [0.15, 0.2) is 0 Å². The summed E-state index contributed by atoms with van der Waals surface area (Å²) in [6, 6.07) is 6.63. The van der Waals surface area contributed by atoms with Gasteiger partial charge in [-0.2, -0.15) is 0 Å². The molecule has 0 bridgehead atoms. The van der Waals surface area contributed by atoms with Crippen LogP contribution in [0.3, 0.4) is 0 Å². The van der Waals surface area contributed by atoms with Crippen LogP contribution in [0.15, 0.2) is 29.8 Å². The molecule has 4 N–H and O–H groups in total. The van der Waals surface area contributed by atoms with Crippen molar-refractivity contribution in [3.63, 3.8) is 0 Å². The second kappa shape index (κ2) is 19.3. The Balaban J connectivity index is 1.35. The standard InChI is InChI=1S/C35H55N5O8S/c1-24-29(49-23-39-24)26-10-8-25(9-11-26)21-38-31(42)28-20-27(41)22-40(28)32(43)30(34(2,3)4)36-12-14-45-16-18-47-19-17-46-15-13-37-33(44)48-35(5,6)7/h8-11,23,27-28,30,36,41H,12-22H2,1-7H3,(H,37,44)(H,38,42). The third-order valence-electron chi connectivity index (χ3n) is 7.66. The number of aliphatic hydroxyl groups excluding tert-OH is 1. The van der Waals surface area contributed by atoms with Crippen molar-refractivity contribution in [2.24, 2.45) is 5.41 Å². The highest BCUT2D eigenvalue weighted by Crippen LogP contribution is 2.28. The van der Waals surface area contributed by atoms with Crippen molar-refractivity contribution in [3.8, 4) is 10.4 Å². The molecule has 13 nitrogen and oxygen atoms in total. The summed E-state index contributed by atoms with van der Waals surface area (Å²) in [5, 5.41) is 19.4. The zero-order valence-electron chi connectivity index (χ0n) is 30.0. The van der Waals surface area contributed by atoms with Gasteiger partial charge in [0.25, 0.3) is 0 Å². The van der Waals surface area contributed by atoms with Crippen LogP contribution in [-0.2, 0) is 35.1 Å². The number of nitrogens with zero attached hydrogens (tertiary/aromatic N) is 2. The summed E-state index contributed by atoms with van der Waals surface area (Å²) in [4.78, 5) is 45.6. The highest BCUT2D eigenvalue weighted by molar-refractivity contribution is 7.13. The van der Waals surface area contributed by atoms with E-state index in [1.165, 1.54) is 4.90 Å². The number of aromatic nitrogens is 1. The molecular weight excluding hydrogens is 650 g/mol. The number of nitrogens with one attached hydrogen (secondary N) is 3. The Morgan fingerprint density at radius 1 is 0.939 bits per heavy atom. The Bertz CT molecular complexity index is 1320. The van der Waals surface area contributed by atoms with Crippen molar-refractivity contribution in [2.45, 2.75) is 85.2 Å². The maximum Gasteiger partial charge on any atom is 0.407 e. The van der Waals surface area contributed by atoms with Gasteiger partial charge >= 0.3 is 6.09 Å². The number of carbonyl (C=O) groups excluding carboxylic acids is 3. The number of likely N-dealkylation sites (tertiary alicyclic amines) is 1. The van der Waals surface area contributed by atoms with E-state index in [0.29, 0.717) is 59.3 Å². The van der Waals surface area contributed by atoms with E-state index < -0.39 is 35.3 Å². The number of ether oxygens (including phenoxy) is 4. The molecule has 14 heteroatoms. The summed E-state index contributed by atoms with van der Waals surface area (Å²) in [5.41, 5.74) is 3.84. The minimum absolute atomic E-state index is 0.103. The maximum absolute atomic E-state index is 13.8. The topological polar surface area (TPSA) is 161 Å². The first-order chi connectivity index (χ1) is 23.2. The summed E-state index contributed by atoms with van der Waals surface area (Å²) in [5.74, 6) is -0.510. The lowest BCUT2D eigenvalue weighted by molar-refractivity contribution is -0.142. The summed E-state index contributed by atoms with van der Waals surface area (Å²) in [7, 11) is 0. The van der Waals surface area contributed by atoms with Gasteiger partial charge in [-0.1, -0.05) is 45.0 Å². The highest BCUT2D eigenvalue weighted by Gasteiger charge is 2.43. The predicted molar refractivity (Wildman–Crippen MR) is 188 cm³/mol. The second-order valence-corrected chi connectivity index (χ2v) is 15.0. The van der Waals surface area contributed by atoms with Gasteiger partial charge in [-0.25, -0.2) is 9.78 Å². The average molecular weight is 706 g/mol. The van der Waals surface area contributed by atoms with Crippen molar-refractivity contribution >= 4 is 29.2 Å². The Morgan fingerprint density at radius 2 is 1.55 bits per heavy atom. The van der Waals surface area contributed by atoms with E-state index in [1.807, 2.05) is 57.5 Å². The van der Waals surface area contributed by atoms with E-state index in [0.717, 1.165) is 21.7 Å². The third kappa shape index (κ3) is 13.9. The number of amides is 3. The molecule has 1 aliphatic rings. The fraction of sp³-hybridized carbons (Fsp3) is 0.657. The molecule has 0 saturated carbocycles. The Morgan fingerprint density at radius 3 is 2.12 bits per heavy atom. The molecule has 1 aromatic heterocycles. The molecule has 2 aromatic rings. The molecule has 0 aliphatic carbocycles. The van der Waals surface area contributed by atoms with Gasteiger partial charge in [0.2, 0.25) is 11.8 Å². The number of β-amino-alcohol motifs (C(OH)–C–C–N with tert-alkyl or cyclic N) is 1. The number of hydrogen-bond donors (Lipinski definition) is 4. The molecule has 2 heterocycles. The normalized spacial score (nSPS) is 17.2. The van der Waals surface area contributed by atoms with E-state index in [2.05, 4.69) is 20.9 Å². The minimum Gasteiger partial charge on any atom is -0.444 e. The lowest BCUT2D eigenvalue weighted by Crippen LogP contribution is -2.57. The van der Waals surface area contributed by atoms with Gasteiger partial charge in [0, 0.05) is 32.6 Å². The summed E-state index contributed by atoms with van der Waals surface area (Å²) >= 11 is 1.59. The Hall–Kier alpha value is -3.14. The fourth-order valence-electron chi connectivity index (χ4n) is 5.25. The molecular formula is C35H55N5O8S. The van der Waals surface area contributed by atoms with Gasteiger partial charge in [-0.3, -0.25) is 9.59 Å². The molecule has 0 radical (unpaired) electrons. The summed E-state index contributed by atoms with van der Waals surface area (Å²) < 4.78 is 21.8. The van der Waals surface area contributed by atoms with E-state index >= 15 is 0 Å². The van der Waals surface area contributed by atoms with Crippen LogP contribution in [0, 0.1) is 12.3 Å².